The predicted molar refractivity (Wildman–Crippen MR) is 93.9 cm³/mol. The second-order valence-corrected chi connectivity index (χ2v) is 5.48. The van der Waals surface area contributed by atoms with Crippen LogP contribution < -0.4 is 5.73 Å². The van der Waals surface area contributed by atoms with Crippen LogP contribution in [0.15, 0.2) is 54.7 Å². The zero-order chi connectivity index (χ0) is 17.4. The highest BCUT2D eigenvalue weighted by atomic mass is 16.4. The lowest BCUT2D eigenvalue weighted by molar-refractivity contribution is 0.0697. The first-order valence-electron chi connectivity index (χ1n) is 7.53. The number of benzene rings is 2. The van der Waals surface area contributed by atoms with Gasteiger partial charge in [0.2, 0.25) is 0 Å². The Bertz CT molecular complexity index is 1070. The van der Waals surface area contributed by atoms with Crippen molar-refractivity contribution in [3.63, 3.8) is 0 Å². The molecule has 0 fully saturated rings. The predicted octanol–water partition coefficient (Wildman–Crippen LogP) is 2.97. The zero-order valence-electron chi connectivity index (χ0n) is 13.0. The normalized spacial score (nSPS) is 10.9. The van der Waals surface area contributed by atoms with Gasteiger partial charge in [0.15, 0.2) is 11.6 Å². The van der Waals surface area contributed by atoms with Gasteiger partial charge in [-0.15, -0.1) is 0 Å². The topological polar surface area (TPSA) is 118 Å². The van der Waals surface area contributed by atoms with Gasteiger partial charge in [-0.25, -0.2) is 19.7 Å². The molecule has 0 atom stereocenters. The molecule has 25 heavy (non-hydrogen) atoms. The maximum atomic E-state index is 11.2. The van der Waals surface area contributed by atoms with Crippen LogP contribution in [0.4, 0.5) is 5.82 Å². The molecule has 4 aromatic rings. The first-order valence-corrected chi connectivity index (χ1v) is 7.53. The Hall–Kier alpha value is -3.74. The number of anilines is 1. The molecule has 0 unspecified atom stereocenters. The lowest BCUT2D eigenvalue weighted by Gasteiger charge is -2.06. The molecule has 122 valence electrons. The van der Waals surface area contributed by atoms with E-state index < -0.39 is 5.97 Å². The summed E-state index contributed by atoms with van der Waals surface area (Å²) in [5.74, 6) is -0.234. The van der Waals surface area contributed by atoms with Gasteiger partial charge in [0.1, 0.15) is 5.69 Å². The Morgan fingerprint density at radius 1 is 1.08 bits per heavy atom. The number of nitrogens with zero attached hydrogens (tertiary/aromatic N) is 3. The number of imidazole rings is 1. The van der Waals surface area contributed by atoms with Crippen LogP contribution in [0.25, 0.3) is 33.8 Å². The second kappa shape index (κ2) is 5.72. The number of nitrogens with two attached hydrogens (primary N) is 1. The first-order chi connectivity index (χ1) is 12.1. The molecule has 0 amide bonds. The van der Waals surface area contributed by atoms with Gasteiger partial charge in [-0.3, -0.25) is 0 Å². The number of carboxylic acids is 1. The summed E-state index contributed by atoms with van der Waals surface area (Å²) in [5.41, 5.74) is 9.42. The quantitative estimate of drug-likeness (QED) is 0.531. The van der Waals surface area contributed by atoms with Gasteiger partial charge >= 0.3 is 5.97 Å². The monoisotopic (exact) mass is 331 g/mol. The van der Waals surface area contributed by atoms with Crippen molar-refractivity contribution in [3.8, 4) is 22.8 Å². The number of rotatable bonds is 3. The third-order valence-corrected chi connectivity index (χ3v) is 3.82. The van der Waals surface area contributed by atoms with Crippen LogP contribution in [-0.4, -0.2) is 31.0 Å². The van der Waals surface area contributed by atoms with Gasteiger partial charge in [0, 0.05) is 5.56 Å². The fraction of sp³-hybridized carbons (Fsp3) is 0. The minimum Gasteiger partial charge on any atom is -0.478 e. The molecular formula is C18H13N5O2. The van der Waals surface area contributed by atoms with Gasteiger partial charge in [-0.1, -0.05) is 24.3 Å². The van der Waals surface area contributed by atoms with Gasteiger partial charge in [0.25, 0.3) is 0 Å². The van der Waals surface area contributed by atoms with E-state index in [0.717, 1.165) is 11.0 Å². The van der Waals surface area contributed by atoms with Crippen molar-refractivity contribution in [2.75, 3.05) is 5.73 Å². The molecule has 0 spiro atoms. The first kappa shape index (κ1) is 14.8. The summed E-state index contributed by atoms with van der Waals surface area (Å²) in [6.07, 6.45) is 1.52. The summed E-state index contributed by atoms with van der Waals surface area (Å²) < 4.78 is 0. The molecule has 0 aliphatic carbocycles. The Morgan fingerprint density at radius 3 is 2.72 bits per heavy atom. The average Bonchev–Trinajstić information content (AvgIpc) is 3.06. The molecule has 0 aliphatic heterocycles. The molecule has 0 bridgehead atoms. The van der Waals surface area contributed by atoms with Gasteiger partial charge < -0.3 is 15.8 Å². The summed E-state index contributed by atoms with van der Waals surface area (Å²) in [5, 5.41) is 9.14. The summed E-state index contributed by atoms with van der Waals surface area (Å²) in [7, 11) is 0. The Kier molecular flexibility index (Phi) is 3.39. The van der Waals surface area contributed by atoms with E-state index in [0.29, 0.717) is 22.8 Å². The maximum absolute atomic E-state index is 11.2. The lowest BCUT2D eigenvalue weighted by Crippen LogP contribution is -2.01. The molecule has 0 saturated carbocycles. The van der Waals surface area contributed by atoms with Crippen LogP contribution in [0.2, 0.25) is 0 Å². The number of carboxylic acid groups (broad SMARTS) is 1. The summed E-state index contributed by atoms with van der Waals surface area (Å²) in [4.78, 5) is 27.5. The molecular weight excluding hydrogens is 318 g/mol. The smallest absolute Gasteiger partial charge is 0.335 e. The van der Waals surface area contributed by atoms with Crippen molar-refractivity contribution in [2.24, 2.45) is 0 Å². The van der Waals surface area contributed by atoms with E-state index in [4.69, 9.17) is 10.8 Å². The largest absolute Gasteiger partial charge is 0.478 e. The van der Waals surface area contributed by atoms with Crippen LogP contribution in [0.1, 0.15) is 10.4 Å². The highest BCUT2D eigenvalue weighted by Gasteiger charge is 2.14. The van der Waals surface area contributed by atoms with E-state index in [1.807, 2.05) is 24.3 Å². The van der Waals surface area contributed by atoms with Gasteiger partial charge in [-0.05, 0) is 24.3 Å². The van der Waals surface area contributed by atoms with Gasteiger partial charge in [-0.2, -0.15) is 0 Å². The maximum Gasteiger partial charge on any atom is 0.335 e. The highest BCUT2D eigenvalue weighted by molar-refractivity contribution is 5.89. The molecule has 0 saturated heterocycles. The van der Waals surface area contributed by atoms with E-state index in [1.165, 1.54) is 12.3 Å². The number of H-pyrrole nitrogens is 1. The number of fused-ring (bicyclic) bond motifs is 1. The van der Waals surface area contributed by atoms with Crippen molar-refractivity contribution < 1.29 is 9.90 Å². The summed E-state index contributed by atoms with van der Waals surface area (Å²) >= 11 is 0. The van der Waals surface area contributed by atoms with Crippen molar-refractivity contribution in [1.29, 1.82) is 0 Å². The van der Waals surface area contributed by atoms with Crippen molar-refractivity contribution in [1.82, 2.24) is 19.9 Å². The average molecular weight is 331 g/mol. The molecule has 7 heteroatoms. The zero-order valence-corrected chi connectivity index (χ0v) is 13.0. The fourth-order valence-corrected chi connectivity index (χ4v) is 2.59. The van der Waals surface area contributed by atoms with E-state index in [1.54, 1.807) is 18.2 Å². The number of para-hydroxylation sites is 2. The molecule has 4 N–H and O–H groups in total. The van der Waals surface area contributed by atoms with E-state index in [9.17, 15) is 4.79 Å². The summed E-state index contributed by atoms with van der Waals surface area (Å²) in [6.45, 7) is 0. The SMILES string of the molecule is Nc1ncc(-c2cccc(C(=O)O)c2)nc1-c1nc2ccccc2[nH]1. The molecule has 2 aromatic heterocycles. The third kappa shape index (κ3) is 2.67. The Labute approximate surface area is 142 Å². The highest BCUT2D eigenvalue weighted by Crippen LogP contribution is 2.26. The summed E-state index contributed by atoms with van der Waals surface area (Å²) in [6, 6.07) is 14.1. The van der Waals surface area contributed by atoms with Crippen LogP contribution in [0.3, 0.4) is 0 Å². The van der Waals surface area contributed by atoms with Gasteiger partial charge in [0.05, 0.1) is 28.5 Å². The van der Waals surface area contributed by atoms with Crippen LogP contribution in [-0.2, 0) is 0 Å². The molecule has 2 aromatic carbocycles. The van der Waals surface area contributed by atoms with Crippen molar-refractivity contribution in [2.45, 2.75) is 0 Å². The van der Waals surface area contributed by atoms with E-state index >= 15 is 0 Å². The molecule has 0 radical (unpaired) electrons. The van der Waals surface area contributed by atoms with Crippen molar-refractivity contribution >= 4 is 22.8 Å². The molecule has 7 nitrogen and oxygen atoms in total. The fourth-order valence-electron chi connectivity index (χ4n) is 2.59. The number of aromatic nitrogens is 4. The van der Waals surface area contributed by atoms with Crippen LogP contribution in [0, 0.1) is 0 Å². The number of aromatic amines is 1. The number of aromatic carboxylic acids is 1. The van der Waals surface area contributed by atoms with Crippen molar-refractivity contribution in [3.05, 3.63) is 60.3 Å². The second-order valence-electron chi connectivity index (χ2n) is 5.48. The number of hydrogen-bond acceptors (Lipinski definition) is 5. The minimum atomic E-state index is -0.997. The number of nitrogens with one attached hydrogen (secondary N) is 1. The molecule has 0 aliphatic rings. The van der Waals surface area contributed by atoms with Crippen LogP contribution >= 0.6 is 0 Å². The standard InChI is InChI=1S/C18H13N5O2/c19-16-15(17-22-12-6-1-2-7-13(12)23-17)21-14(9-20-16)10-4-3-5-11(8-10)18(24)25/h1-9H,(H2,19,20)(H,22,23)(H,24,25). The van der Waals surface area contributed by atoms with E-state index in [2.05, 4.69) is 19.9 Å². The third-order valence-electron chi connectivity index (χ3n) is 3.82. The van der Waals surface area contributed by atoms with E-state index in [-0.39, 0.29) is 11.4 Å². The lowest BCUT2D eigenvalue weighted by atomic mass is 10.1. The number of carbonyl (C=O) groups is 1. The molecule has 2 heterocycles. The van der Waals surface area contributed by atoms with Crippen LogP contribution in [0.5, 0.6) is 0 Å². The number of nitrogen functional groups attached to an aromatic ring is 1. The number of hydrogen-bond donors (Lipinski definition) is 3. The Balaban J connectivity index is 1.83. The minimum absolute atomic E-state index is 0.182. The molecule has 4 rings (SSSR count). The Morgan fingerprint density at radius 2 is 1.92 bits per heavy atom.